The molecule has 3 rings (SSSR count). The van der Waals surface area contributed by atoms with Crippen molar-refractivity contribution in [1.29, 1.82) is 0 Å². The van der Waals surface area contributed by atoms with Crippen molar-refractivity contribution in [1.82, 2.24) is 5.32 Å². The van der Waals surface area contributed by atoms with Gasteiger partial charge in [0.05, 0.1) is 0 Å². The summed E-state index contributed by atoms with van der Waals surface area (Å²) in [6.45, 7) is 2.32. The second-order valence-corrected chi connectivity index (χ2v) is 3.81. The minimum absolute atomic E-state index is 0.255. The van der Waals surface area contributed by atoms with E-state index in [9.17, 15) is 0 Å². The Bertz CT molecular complexity index is 325. The summed E-state index contributed by atoms with van der Waals surface area (Å²) in [7, 11) is 0. The largest absolute Gasteiger partial charge is 0.367 e. The molecule has 12 heavy (non-hydrogen) atoms. The molecule has 0 saturated carbocycles. The first-order chi connectivity index (χ1) is 5.82. The molecule has 2 aliphatic carbocycles. The molecule has 0 aromatic heterocycles. The third kappa shape index (κ3) is 0.492. The number of nitrogens with one attached hydrogen (secondary N) is 1. The maximum Gasteiger partial charge on any atom is 0.0300 e. The van der Waals surface area contributed by atoms with Crippen LogP contribution in [0, 0.1) is 11.3 Å². The number of allylic oxidation sites excluding steroid dienone is 6. The Labute approximate surface area is 72.2 Å². The summed E-state index contributed by atoms with van der Waals surface area (Å²) >= 11 is 0. The highest BCUT2D eigenvalue weighted by Crippen LogP contribution is 2.53. The minimum Gasteiger partial charge on any atom is -0.367 e. The standard InChI is InChI=1S/C11H11N/c1-11-8-2-4-9(11)6-12-7-10(11)5-3-8/h2-8,12H,1H3. The van der Waals surface area contributed by atoms with Crippen LogP contribution in [0.15, 0.2) is 47.9 Å². The van der Waals surface area contributed by atoms with Crippen LogP contribution in [-0.4, -0.2) is 0 Å². The number of hydrogen-bond donors (Lipinski definition) is 1. The van der Waals surface area contributed by atoms with E-state index in [0.29, 0.717) is 5.92 Å². The van der Waals surface area contributed by atoms with E-state index < -0.39 is 0 Å². The van der Waals surface area contributed by atoms with Crippen molar-refractivity contribution in [3.8, 4) is 0 Å². The fourth-order valence-corrected chi connectivity index (χ4v) is 2.38. The Balaban J connectivity index is 2.26. The third-order valence-electron chi connectivity index (χ3n) is 3.31. The normalized spacial score (nSPS) is 40.6. The van der Waals surface area contributed by atoms with Gasteiger partial charge in [-0.05, 0) is 11.1 Å². The van der Waals surface area contributed by atoms with E-state index in [1.54, 1.807) is 0 Å². The molecule has 0 amide bonds. The van der Waals surface area contributed by atoms with Gasteiger partial charge in [-0.2, -0.15) is 0 Å². The average Bonchev–Trinajstić information content (AvgIpc) is 2.57. The van der Waals surface area contributed by atoms with Crippen LogP contribution in [0.1, 0.15) is 6.92 Å². The van der Waals surface area contributed by atoms with Crippen LogP contribution < -0.4 is 5.32 Å². The molecule has 0 saturated heterocycles. The van der Waals surface area contributed by atoms with Crippen LogP contribution in [-0.2, 0) is 0 Å². The van der Waals surface area contributed by atoms with Gasteiger partial charge in [-0.25, -0.2) is 0 Å². The smallest absolute Gasteiger partial charge is 0.0300 e. The fourth-order valence-electron chi connectivity index (χ4n) is 2.38. The monoisotopic (exact) mass is 157 g/mol. The zero-order valence-electron chi connectivity index (χ0n) is 7.04. The SMILES string of the molecule is CC12C3=CNC=C1C=CC2C=C3. The summed E-state index contributed by atoms with van der Waals surface area (Å²) in [5.41, 5.74) is 3.08. The summed E-state index contributed by atoms with van der Waals surface area (Å²) in [6, 6.07) is 0. The van der Waals surface area contributed by atoms with E-state index >= 15 is 0 Å². The molecule has 60 valence electrons. The van der Waals surface area contributed by atoms with E-state index in [0.717, 1.165) is 0 Å². The topological polar surface area (TPSA) is 12.0 Å². The van der Waals surface area contributed by atoms with Crippen LogP contribution in [0.5, 0.6) is 0 Å². The van der Waals surface area contributed by atoms with Crippen molar-refractivity contribution in [3.63, 3.8) is 0 Å². The molecule has 0 fully saturated rings. The number of hydrogen-bond acceptors (Lipinski definition) is 1. The second-order valence-electron chi connectivity index (χ2n) is 3.81. The molecule has 1 nitrogen and oxygen atoms in total. The third-order valence-corrected chi connectivity index (χ3v) is 3.31. The molecule has 0 aromatic rings. The summed E-state index contributed by atoms with van der Waals surface area (Å²) in [6.07, 6.45) is 13.2. The summed E-state index contributed by atoms with van der Waals surface area (Å²) in [4.78, 5) is 0. The van der Waals surface area contributed by atoms with Crippen LogP contribution in [0.3, 0.4) is 0 Å². The van der Waals surface area contributed by atoms with Crippen molar-refractivity contribution >= 4 is 0 Å². The van der Waals surface area contributed by atoms with Gasteiger partial charge in [0.25, 0.3) is 0 Å². The molecule has 1 N–H and O–H groups in total. The van der Waals surface area contributed by atoms with Crippen molar-refractivity contribution in [2.75, 3.05) is 0 Å². The highest BCUT2D eigenvalue weighted by atomic mass is 14.8. The van der Waals surface area contributed by atoms with Crippen LogP contribution in [0.2, 0.25) is 0 Å². The quantitative estimate of drug-likeness (QED) is 0.568. The van der Waals surface area contributed by atoms with Crippen molar-refractivity contribution in [2.24, 2.45) is 11.3 Å². The molecule has 0 spiro atoms. The van der Waals surface area contributed by atoms with Crippen LogP contribution >= 0.6 is 0 Å². The summed E-state index contributed by atoms with van der Waals surface area (Å²) in [5.74, 6) is 0.595. The molecule has 3 aliphatic rings. The Kier molecular flexibility index (Phi) is 0.912. The van der Waals surface area contributed by atoms with E-state index in [2.05, 4.69) is 48.9 Å². The van der Waals surface area contributed by atoms with E-state index in [4.69, 9.17) is 0 Å². The Morgan fingerprint density at radius 2 is 1.75 bits per heavy atom. The first-order valence-corrected chi connectivity index (χ1v) is 4.35. The maximum absolute atomic E-state index is 3.18. The fraction of sp³-hybridized carbons (Fsp3) is 0.273. The van der Waals surface area contributed by atoms with Gasteiger partial charge in [0.2, 0.25) is 0 Å². The molecule has 0 radical (unpaired) electrons. The van der Waals surface area contributed by atoms with Gasteiger partial charge in [0, 0.05) is 23.7 Å². The predicted molar refractivity (Wildman–Crippen MR) is 49.2 cm³/mol. The summed E-state index contributed by atoms with van der Waals surface area (Å²) < 4.78 is 0. The van der Waals surface area contributed by atoms with Crippen molar-refractivity contribution < 1.29 is 0 Å². The molecular formula is C11H11N. The predicted octanol–water partition coefficient (Wildman–Crippen LogP) is 2.12. The maximum atomic E-state index is 3.18. The Morgan fingerprint density at radius 3 is 2.33 bits per heavy atom. The lowest BCUT2D eigenvalue weighted by atomic mass is 9.74. The van der Waals surface area contributed by atoms with Gasteiger partial charge < -0.3 is 5.32 Å². The lowest BCUT2D eigenvalue weighted by Crippen LogP contribution is -2.25. The number of rotatable bonds is 0. The van der Waals surface area contributed by atoms with E-state index in [1.165, 1.54) is 11.1 Å². The lowest BCUT2D eigenvalue weighted by Gasteiger charge is -2.31. The van der Waals surface area contributed by atoms with Crippen molar-refractivity contribution in [3.05, 3.63) is 47.9 Å². The van der Waals surface area contributed by atoms with Gasteiger partial charge in [0.1, 0.15) is 0 Å². The molecule has 0 atom stereocenters. The molecule has 0 unspecified atom stereocenters. The van der Waals surface area contributed by atoms with Gasteiger partial charge in [-0.1, -0.05) is 31.2 Å². The molecule has 1 heteroatoms. The van der Waals surface area contributed by atoms with Crippen LogP contribution in [0.4, 0.5) is 0 Å². The lowest BCUT2D eigenvalue weighted by molar-refractivity contribution is 0.452. The molecule has 1 aliphatic heterocycles. The van der Waals surface area contributed by atoms with Gasteiger partial charge >= 0.3 is 0 Å². The first kappa shape index (κ1) is 6.30. The molecule has 1 heterocycles. The Hall–Kier alpha value is -1.24. The summed E-state index contributed by atoms with van der Waals surface area (Å²) in [5, 5.41) is 3.18. The highest BCUT2D eigenvalue weighted by molar-refractivity contribution is 5.54. The van der Waals surface area contributed by atoms with Gasteiger partial charge in [-0.15, -0.1) is 0 Å². The van der Waals surface area contributed by atoms with Crippen LogP contribution in [0.25, 0.3) is 0 Å². The first-order valence-electron chi connectivity index (χ1n) is 4.35. The second kappa shape index (κ2) is 1.74. The Morgan fingerprint density at radius 1 is 1.17 bits per heavy atom. The molecule has 0 aromatic carbocycles. The van der Waals surface area contributed by atoms with Gasteiger partial charge in [0.15, 0.2) is 0 Å². The zero-order valence-corrected chi connectivity index (χ0v) is 7.04. The van der Waals surface area contributed by atoms with Gasteiger partial charge in [-0.3, -0.25) is 0 Å². The van der Waals surface area contributed by atoms with E-state index in [-0.39, 0.29) is 5.41 Å². The van der Waals surface area contributed by atoms with Crippen molar-refractivity contribution in [2.45, 2.75) is 6.92 Å². The molecular weight excluding hydrogens is 146 g/mol. The molecule has 0 bridgehead atoms. The average molecular weight is 157 g/mol. The number of dihydropyridines is 1. The highest BCUT2D eigenvalue weighted by Gasteiger charge is 2.44. The minimum atomic E-state index is 0.255. The van der Waals surface area contributed by atoms with E-state index in [1.807, 2.05) is 0 Å². The zero-order chi connectivity index (χ0) is 8.18.